The zero-order valence-electron chi connectivity index (χ0n) is 10.9. The van der Waals surface area contributed by atoms with E-state index in [1.54, 1.807) is 11.3 Å². The molecular formula is C16H13BrN2S. The Hall–Kier alpha value is -1.44. The van der Waals surface area contributed by atoms with E-state index in [1.807, 2.05) is 30.3 Å². The minimum Gasteiger partial charge on any atom is -0.240 e. The molecule has 0 saturated heterocycles. The van der Waals surface area contributed by atoms with Crippen molar-refractivity contribution < 1.29 is 0 Å². The topological polar surface area (TPSA) is 36.7 Å². The van der Waals surface area contributed by atoms with E-state index in [4.69, 9.17) is 0 Å². The van der Waals surface area contributed by atoms with Crippen molar-refractivity contribution in [3.63, 3.8) is 0 Å². The number of benzene rings is 1. The van der Waals surface area contributed by atoms with E-state index in [0.29, 0.717) is 5.57 Å². The fourth-order valence-corrected chi connectivity index (χ4v) is 3.71. The summed E-state index contributed by atoms with van der Waals surface area (Å²) in [6.07, 6.45) is 6.55. The summed E-state index contributed by atoms with van der Waals surface area (Å²) in [5.74, 6) is 0. The molecule has 1 heterocycles. The Bertz CT molecular complexity index is 669. The zero-order chi connectivity index (χ0) is 13.9. The fraction of sp³-hybridized carbons (Fsp3) is 0.250. The van der Waals surface area contributed by atoms with Gasteiger partial charge in [0.15, 0.2) is 0 Å². The molecule has 1 aromatic heterocycles. The van der Waals surface area contributed by atoms with Crippen LogP contribution in [0.1, 0.15) is 34.0 Å². The Kier molecular flexibility index (Phi) is 4.00. The molecule has 100 valence electrons. The number of nitriles is 1. The largest absolute Gasteiger partial charge is 0.240 e. The van der Waals surface area contributed by atoms with Crippen molar-refractivity contribution in [1.29, 1.82) is 5.26 Å². The van der Waals surface area contributed by atoms with E-state index in [1.165, 1.54) is 23.4 Å². The molecule has 0 radical (unpaired) electrons. The van der Waals surface area contributed by atoms with Crippen LogP contribution in [0.3, 0.4) is 0 Å². The maximum atomic E-state index is 9.40. The Balaban J connectivity index is 1.95. The van der Waals surface area contributed by atoms with Crippen molar-refractivity contribution in [2.75, 3.05) is 0 Å². The molecule has 1 aliphatic carbocycles. The molecule has 0 N–H and O–H groups in total. The molecule has 20 heavy (non-hydrogen) atoms. The summed E-state index contributed by atoms with van der Waals surface area (Å²) in [4.78, 5) is 6.02. The molecule has 0 saturated carbocycles. The molecule has 0 atom stereocenters. The SMILES string of the molecule is N#C/C(=C\c1ccc(Br)cc1)c1nc2c(s1)CCCC2. The number of allylic oxidation sites excluding steroid dienone is 1. The van der Waals surface area contributed by atoms with E-state index in [-0.39, 0.29) is 0 Å². The lowest BCUT2D eigenvalue weighted by Gasteiger charge is -2.06. The number of halogens is 1. The zero-order valence-corrected chi connectivity index (χ0v) is 13.3. The van der Waals surface area contributed by atoms with E-state index in [2.05, 4.69) is 27.0 Å². The molecule has 0 fully saturated rings. The van der Waals surface area contributed by atoms with Crippen LogP contribution in [0.15, 0.2) is 28.7 Å². The summed E-state index contributed by atoms with van der Waals surface area (Å²) in [6, 6.07) is 10.2. The van der Waals surface area contributed by atoms with Crippen LogP contribution in [0.2, 0.25) is 0 Å². The minimum atomic E-state index is 0.659. The van der Waals surface area contributed by atoms with Crippen molar-refractivity contribution in [3.8, 4) is 6.07 Å². The van der Waals surface area contributed by atoms with Gasteiger partial charge in [0.2, 0.25) is 0 Å². The number of nitrogens with zero attached hydrogens (tertiary/aromatic N) is 2. The van der Waals surface area contributed by atoms with Gasteiger partial charge in [0.05, 0.1) is 11.3 Å². The van der Waals surface area contributed by atoms with Crippen molar-refractivity contribution in [3.05, 3.63) is 49.9 Å². The predicted molar refractivity (Wildman–Crippen MR) is 86.4 cm³/mol. The highest BCUT2D eigenvalue weighted by Crippen LogP contribution is 2.31. The highest BCUT2D eigenvalue weighted by Gasteiger charge is 2.17. The van der Waals surface area contributed by atoms with Crippen molar-refractivity contribution in [2.45, 2.75) is 25.7 Å². The first-order chi connectivity index (χ1) is 9.76. The lowest BCUT2D eigenvalue weighted by Crippen LogP contribution is -1.99. The highest BCUT2D eigenvalue weighted by atomic mass is 79.9. The van der Waals surface area contributed by atoms with Crippen LogP contribution in [0.4, 0.5) is 0 Å². The van der Waals surface area contributed by atoms with Gasteiger partial charge in [-0.1, -0.05) is 28.1 Å². The van der Waals surface area contributed by atoms with E-state index < -0.39 is 0 Å². The van der Waals surface area contributed by atoms with Gasteiger partial charge in [0.1, 0.15) is 11.1 Å². The quantitative estimate of drug-likeness (QED) is 0.730. The molecule has 0 amide bonds. The van der Waals surface area contributed by atoms with Crippen molar-refractivity contribution in [1.82, 2.24) is 4.98 Å². The van der Waals surface area contributed by atoms with Crippen LogP contribution in [0.5, 0.6) is 0 Å². The third kappa shape index (κ3) is 2.84. The van der Waals surface area contributed by atoms with Gasteiger partial charge in [0, 0.05) is 9.35 Å². The van der Waals surface area contributed by atoms with Crippen LogP contribution in [0, 0.1) is 11.3 Å². The van der Waals surface area contributed by atoms with Gasteiger partial charge >= 0.3 is 0 Å². The van der Waals surface area contributed by atoms with Crippen LogP contribution in [-0.2, 0) is 12.8 Å². The number of aromatic nitrogens is 1. The Morgan fingerprint density at radius 1 is 1.25 bits per heavy atom. The van der Waals surface area contributed by atoms with Gasteiger partial charge in [-0.3, -0.25) is 0 Å². The van der Waals surface area contributed by atoms with Crippen LogP contribution < -0.4 is 0 Å². The average Bonchev–Trinajstić information content (AvgIpc) is 2.90. The van der Waals surface area contributed by atoms with Gasteiger partial charge in [-0.15, -0.1) is 11.3 Å². The number of aryl methyl sites for hydroxylation is 2. The first-order valence-corrected chi connectivity index (χ1v) is 8.23. The molecule has 4 heteroatoms. The van der Waals surface area contributed by atoms with Crippen molar-refractivity contribution in [2.24, 2.45) is 0 Å². The number of rotatable bonds is 2. The monoisotopic (exact) mass is 344 g/mol. The van der Waals surface area contributed by atoms with Crippen LogP contribution in [-0.4, -0.2) is 4.98 Å². The average molecular weight is 345 g/mol. The second-order valence-corrected chi connectivity index (χ2v) is 6.82. The molecule has 1 aromatic carbocycles. The number of hydrogen-bond donors (Lipinski definition) is 0. The van der Waals surface area contributed by atoms with E-state index in [0.717, 1.165) is 27.9 Å². The summed E-state index contributed by atoms with van der Waals surface area (Å²) in [5, 5.41) is 10.3. The number of hydrogen-bond acceptors (Lipinski definition) is 3. The third-order valence-corrected chi connectivity index (χ3v) is 5.10. The normalized spacial score (nSPS) is 14.7. The first kappa shape index (κ1) is 13.5. The maximum absolute atomic E-state index is 9.40. The second kappa shape index (κ2) is 5.90. The summed E-state index contributed by atoms with van der Waals surface area (Å²) in [5.41, 5.74) is 2.89. The van der Waals surface area contributed by atoms with Gasteiger partial charge < -0.3 is 0 Å². The third-order valence-electron chi connectivity index (χ3n) is 3.38. The number of fused-ring (bicyclic) bond motifs is 1. The van der Waals surface area contributed by atoms with Crippen LogP contribution >= 0.6 is 27.3 Å². The summed E-state index contributed by atoms with van der Waals surface area (Å²) < 4.78 is 1.04. The molecule has 0 unspecified atom stereocenters. The molecule has 3 rings (SSSR count). The molecule has 2 nitrogen and oxygen atoms in total. The lowest BCUT2D eigenvalue weighted by atomic mass is 10.0. The Labute approximate surface area is 130 Å². The smallest absolute Gasteiger partial charge is 0.134 e. The minimum absolute atomic E-state index is 0.659. The summed E-state index contributed by atoms with van der Waals surface area (Å²) in [6.45, 7) is 0. The Morgan fingerprint density at radius 2 is 2.00 bits per heavy atom. The summed E-state index contributed by atoms with van der Waals surface area (Å²) >= 11 is 5.10. The van der Waals surface area contributed by atoms with E-state index >= 15 is 0 Å². The molecule has 0 bridgehead atoms. The molecular weight excluding hydrogens is 332 g/mol. The lowest BCUT2D eigenvalue weighted by molar-refractivity contribution is 0.682. The first-order valence-electron chi connectivity index (χ1n) is 6.62. The molecule has 2 aromatic rings. The second-order valence-electron chi connectivity index (χ2n) is 4.82. The summed E-state index contributed by atoms with van der Waals surface area (Å²) in [7, 11) is 0. The van der Waals surface area contributed by atoms with Gasteiger partial charge in [0.25, 0.3) is 0 Å². The number of thiazole rings is 1. The Morgan fingerprint density at radius 3 is 2.70 bits per heavy atom. The van der Waals surface area contributed by atoms with Crippen LogP contribution in [0.25, 0.3) is 11.6 Å². The van der Waals surface area contributed by atoms with Gasteiger partial charge in [-0.05, 0) is 49.5 Å². The van der Waals surface area contributed by atoms with Crippen molar-refractivity contribution >= 4 is 38.9 Å². The van der Waals surface area contributed by atoms with E-state index in [9.17, 15) is 5.26 Å². The molecule has 0 spiro atoms. The molecule has 0 aliphatic heterocycles. The maximum Gasteiger partial charge on any atom is 0.134 e. The van der Waals surface area contributed by atoms with Gasteiger partial charge in [-0.2, -0.15) is 5.26 Å². The standard InChI is InChI=1S/C16H13BrN2S/c17-13-7-5-11(6-8-13)9-12(10-18)16-19-14-3-1-2-4-15(14)20-16/h5-9H,1-4H2/b12-9+. The highest BCUT2D eigenvalue weighted by molar-refractivity contribution is 9.10. The van der Waals surface area contributed by atoms with Gasteiger partial charge in [-0.25, -0.2) is 4.98 Å². The predicted octanol–water partition coefficient (Wildman–Crippen LogP) is 4.85. The fourth-order valence-electron chi connectivity index (χ4n) is 2.33. The molecule has 1 aliphatic rings.